The molecule has 1 aliphatic rings. The van der Waals surface area contributed by atoms with Crippen molar-refractivity contribution in [3.63, 3.8) is 0 Å². The van der Waals surface area contributed by atoms with Crippen molar-refractivity contribution in [2.45, 2.75) is 26.3 Å². The average Bonchev–Trinajstić information content (AvgIpc) is 2.78. The molecule has 0 bridgehead atoms. The number of hydrogen-bond acceptors (Lipinski definition) is 4. The van der Waals surface area contributed by atoms with Crippen molar-refractivity contribution in [2.75, 3.05) is 31.6 Å². The monoisotopic (exact) mass is 266 g/mol. The summed E-state index contributed by atoms with van der Waals surface area (Å²) in [6, 6.07) is -0.243. The molecular weight excluding hydrogens is 244 g/mol. The van der Waals surface area contributed by atoms with Crippen LogP contribution in [0.25, 0.3) is 0 Å². The van der Waals surface area contributed by atoms with E-state index in [2.05, 4.69) is 17.3 Å². The van der Waals surface area contributed by atoms with Crippen LogP contribution in [0.15, 0.2) is 6.20 Å². The number of carbonyl (C=O) groups is 1. The number of aromatic nitrogens is 2. The number of rotatable bonds is 4. The van der Waals surface area contributed by atoms with Crippen LogP contribution in [-0.2, 0) is 23.0 Å². The maximum atomic E-state index is 12.3. The van der Waals surface area contributed by atoms with Crippen LogP contribution in [0.3, 0.4) is 0 Å². The highest BCUT2D eigenvalue weighted by molar-refractivity contribution is 5.84. The largest absolute Gasteiger partial charge is 0.378 e. The van der Waals surface area contributed by atoms with Gasteiger partial charge in [-0.2, -0.15) is 5.10 Å². The Morgan fingerprint density at radius 1 is 1.53 bits per heavy atom. The zero-order valence-corrected chi connectivity index (χ0v) is 11.8. The van der Waals surface area contributed by atoms with Crippen LogP contribution in [0, 0.1) is 0 Å². The van der Waals surface area contributed by atoms with E-state index in [-0.39, 0.29) is 11.9 Å². The fourth-order valence-corrected chi connectivity index (χ4v) is 2.27. The molecule has 6 nitrogen and oxygen atoms in total. The number of hydrogen-bond donors (Lipinski definition) is 1. The minimum absolute atomic E-state index is 0.120. The molecule has 1 atom stereocenters. The highest BCUT2D eigenvalue weighted by atomic mass is 16.5. The van der Waals surface area contributed by atoms with Crippen molar-refractivity contribution < 1.29 is 9.53 Å². The molecule has 0 radical (unpaired) electrons. The van der Waals surface area contributed by atoms with Crippen molar-refractivity contribution >= 4 is 11.6 Å². The van der Waals surface area contributed by atoms with E-state index >= 15 is 0 Å². The smallest absolute Gasteiger partial charge is 0.244 e. The third-order valence-corrected chi connectivity index (χ3v) is 3.31. The summed E-state index contributed by atoms with van der Waals surface area (Å²) in [7, 11) is 1.89. The molecule has 19 heavy (non-hydrogen) atoms. The van der Waals surface area contributed by atoms with Gasteiger partial charge in [0.1, 0.15) is 6.04 Å². The van der Waals surface area contributed by atoms with Gasteiger partial charge in [-0.25, -0.2) is 0 Å². The van der Waals surface area contributed by atoms with Gasteiger partial charge >= 0.3 is 0 Å². The second-order valence-electron chi connectivity index (χ2n) is 4.82. The molecule has 1 fully saturated rings. The maximum absolute atomic E-state index is 12.3. The Labute approximate surface area is 113 Å². The lowest BCUT2D eigenvalue weighted by molar-refractivity contribution is -0.135. The summed E-state index contributed by atoms with van der Waals surface area (Å²) in [5.41, 5.74) is 1.93. The molecular formula is C13H22N4O2. The minimum atomic E-state index is -0.243. The molecule has 1 unspecified atom stereocenters. The lowest BCUT2D eigenvalue weighted by Gasteiger charge is -2.29. The number of nitrogens with one attached hydrogen (secondary N) is 1. The highest BCUT2D eigenvalue weighted by Crippen LogP contribution is 2.15. The van der Waals surface area contributed by atoms with Crippen LogP contribution >= 0.6 is 0 Å². The van der Waals surface area contributed by atoms with E-state index in [1.165, 1.54) is 0 Å². The topological polar surface area (TPSA) is 59.4 Å². The number of carbonyl (C=O) groups excluding carboxylic acids is 1. The minimum Gasteiger partial charge on any atom is -0.378 e. The molecule has 2 rings (SSSR count). The van der Waals surface area contributed by atoms with Gasteiger partial charge in [-0.15, -0.1) is 0 Å². The second kappa shape index (κ2) is 6.06. The Bertz CT molecular complexity index is 438. The van der Waals surface area contributed by atoms with E-state index in [0.717, 1.165) is 17.8 Å². The van der Waals surface area contributed by atoms with E-state index in [1.54, 1.807) is 4.68 Å². The maximum Gasteiger partial charge on any atom is 0.244 e. The van der Waals surface area contributed by atoms with Crippen LogP contribution in [0.2, 0.25) is 0 Å². The predicted octanol–water partition coefficient (Wildman–Crippen LogP) is 0.642. The molecule has 1 saturated heterocycles. The molecule has 1 aliphatic heterocycles. The number of ether oxygens (including phenoxy) is 1. The standard InChI is InChI=1S/C13H22N4O2/c1-4-11-12(9-16(3)15-11)14-10(2)13(18)17-5-7-19-8-6-17/h9-10,14H,4-8H2,1-3H3. The predicted molar refractivity (Wildman–Crippen MR) is 73.1 cm³/mol. The molecule has 2 heterocycles. The SMILES string of the molecule is CCc1nn(C)cc1NC(C)C(=O)N1CCOCC1. The summed E-state index contributed by atoms with van der Waals surface area (Å²) in [4.78, 5) is 14.1. The number of amides is 1. The van der Waals surface area contributed by atoms with Gasteiger partial charge in [0, 0.05) is 26.3 Å². The van der Waals surface area contributed by atoms with Crippen LogP contribution in [-0.4, -0.2) is 52.9 Å². The summed E-state index contributed by atoms with van der Waals surface area (Å²) in [6.07, 6.45) is 2.77. The van der Waals surface area contributed by atoms with Gasteiger partial charge in [0.05, 0.1) is 24.6 Å². The van der Waals surface area contributed by atoms with Crippen LogP contribution in [0.5, 0.6) is 0 Å². The van der Waals surface area contributed by atoms with E-state index in [4.69, 9.17) is 4.74 Å². The summed E-state index contributed by atoms with van der Waals surface area (Å²) >= 11 is 0. The summed E-state index contributed by atoms with van der Waals surface area (Å²) < 4.78 is 7.03. The van der Waals surface area contributed by atoms with Crippen molar-refractivity contribution in [1.29, 1.82) is 0 Å². The Morgan fingerprint density at radius 3 is 2.84 bits per heavy atom. The third-order valence-electron chi connectivity index (χ3n) is 3.31. The first-order valence-corrected chi connectivity index (χ1v) is 6.77. The van der Waals surface area contributed by atoms with Gasteiger partial charge in [0.25, 0.3) is 0 Å². The quantitative estimate of drug-likeness (QED) is 0.869. The molecule has 1 aromatic heterocycles. The average molecular weight is 266 g/mol. The first-order valence-electron chi connectivity index (χ1n) is 6.77. The lowest BCUT2D eigenvalue weighted by Crippen LogP contribution is -2.47. The van der Waals surface area contributed by atoms with Gasteiger partial charge in [-0.1, -0.05) is 6.92 Å². The van der Waals surface area contributed by atoms with Crippen LogP contribution < -0.4 is 5.32 Å². The molecule has 6 heteroatoms. The normalized spacial score (nSPS) is 17.3. The number of morpholine rings is 1. The molecule has 1 amide bonds. The fraction of sp³-hybridized carbons (Fsp3) is 0.692. The van der Waals surface area contributed by atoms with Gasteiger partial charge in [-0.3, -0.25) is 9.48 Å². The van der Waals surface area contributed by atoms with Gasteiger partial charge in [0.15, 0.2) is 0 Å². The van der Waals surface area contributed by atoms with Crippen molar-refractivity contribution in [3.05, 3.63) is 11.9 Å². The van der Waals surface area contributed by atoms with Crippen LogP contribution in [0.4, 0.5) is 5.69 Å². The number of anilines is 1. The van der Waals surface area contributed by atoms with E-state index in [1.807, 2.05) is 25.1 Å². The Balaban J connectivity index is 1.99. The molecule has 0 spiro atoms. The van der Waals surface area contributed by atoms with E-state index < -0.39 is 0 Å². The van der Waals surface area contributed by atoms with Gasteiger partial charge in [-0.05, 0) is 13.3 Å². The van der Waals surface area contributed by atoms with Gasteiger partial charge in [0.2, 0.25) is 5.91 Å². The Kier molecular flexibility index (Phi) is 4.42. The summed E-state index contributed by atoms with van der Waals surface area (Å²) in [6.45, 7) is 6.57. The summed E-state index contributed by atoms with van der Waals surface area (Å²) in [5, 5.41) is 7.63. The number of aryl methyl sites for hydroxylation is 2. The van der Waals surface area contributed by atoms with Crippen LogP contribution in [0.1, 0.15) is 19.5 Å². The lowest BCUT2D eigenvalue weighted by atomic mass is 10.2. The Morgan fingerprint density at radius 2 is 2.21 bits per heavy atom. The molecule has 0 aromatic carbocycles. The van der Waals surface area contributed by atoms with Crippen molar-refractivity contribution in [1.82, 2.24) is 14.7 Å². The van der Waals surface area contributed by atoms with E-state index in [0.29, 0.717) is 26.3 Å². The van der Waals surface area contributed by atoms with Crippen molar-refractivity contribution in [2.24, 2.45) is 7.05 Å². The first-order chi connectivity index (χ1) is 9.11. The second-order valence-corrected chi connectivity index (χ2v) is 4.82. The number of nitrogens with zero attached hydrogens (tertiary/aromatic N) is 3. The fourth-order valence-electron chi connectivity index (χ4n) is 2.27. The molecule has 0 saturated carbocycles. The van der Waals surface area contributed by atoms with Gasteiger partial charge < -0.3 is 15.0 Å². The molecule has 1 aromatic rings. The third kappa shape index (κ3) is 3.26. The van der Waals surface area contributed by atoms with Crippen molar-refractivity contribution in [3.8, 4) is 0 Å². The van der Waals surface area contributed by atoms with E-state index in [9.17, 15) is 4.79 Å². The molecule has 106 valence electrons. The first kappa shape index (κ1) is 13.9. The highest BCUT2D eigenvalue weighted by Gasteiger charge is 2.23. The summed E-state index contributed by atoms with van der Waals surface area (Å²) in [5.74, 6) is 0.120. The molecule has 0 aliphatic carbocycles. The Hall–Kier alpha value is -1.56. The molecule has 1 N–H and O–H groups in total. The zero-order valence-electron chi connectivity index (χ0n) is 11.8. The zero-order chi connectivity index (χ0) is 13.8.